The first-order valence-electron chi connectivity index (χ1n) is 5.75. The SMILES string of the molecule is CC(c1ccccc1F)N(C)CCOCCCl. The van der Waals surface area contributed by atoms with Gasteiger partial charge in [-0.15, -0.1) is 11.6 Å². The van der Waals surface area contributed by atoms with E-state index >= 15 is 0 Å². The zero-order valence-corrected chi connectivity index (χ0v) is 11.1. The van der Waals surface area contributed by atoms with Gasteiger partial charge in [-0.1, -0.05) is 18.2 Å². The molecule has 2 nitrogen and oxygen atoms in total. The fourth-order valence-corrected chi connectivity index (χ4v) is 1.72. The Labute approximate surface area is 107 Å². The van der Waals surface area contributed by atoms with E-state index in [-0.39, 0.29) is 11.9 Å². The molecule has 1 aromatic rings. The highest BCUT2D eigenvalue weighted by Crippen LogP contribution is 2.20. The highest BCUT2D eigenvalue weighted by molar-refractivity contribution is 6.17. The number of rotatable bonds is 7. The second kappa shape index (κ2) is 7.64. The van der Waals surface area contributed by atoms with Crippen LogP contribution in [-0.2, 0) is 4.74 Å². The Morgan fingerprint density at radius 1 is 1.35 bits per heavy atom. The summed E-state index contributed by atoms with van der Waals surface area (Å²) in [6.07, 6.45) is 0. The first kappa shape index (κ1) is 14.4. The summed E-state index contributed by atoms with van der Waals surface area (Å²) in [7, 11) is 1.96. The highest BCUT2D eigenvalue weighted by atomic mass is 35.5. The Balaban J connectivity index is 2.46. The number of benzene rings is 1. The third-order valence-electron chi connectivity index (χ3n) is 2.83. The molecule has 0 bridgehead atoms. The van der Waals surface area contributed by atoms with Gasteiger partial charge in [-0.25, -0.2) is 4.39 Å². The van der Waals surface area contributed by atoms with Gasteiger partial charge in [0.1, 0.15) is 5.82 Å². The maximum Gasteiger partial charge on any atom is 0.127 e. The van der Waals surface area contributed by atoms with Crippen LogP contribution in [0.5, 0.6) is 0 Å². The minimum absolute atomic E-state index is 0.0378. The monoisotopic (exact) mass is 259 g/mol. The molecule has 1 aromatic carbocycles. The molecule has 1 atom stereocenters. The molecule has 0 spiro atoms. The first-order chi connectivity index (χ1) is 8.16. The first-order valence-corrected chi connectivity index (χ1v) is 6.28. The van der Waals surface area contributed by atoms with E-state index in [9.17, 15) is 4.39 Å². The Kier molecular flexibility index (Phi) is 6.48. The summed E-state index contributed by atoms with van der Waals surface area (Å²) < 4.78 is 18.9. The number of ether oxygens (including phenoxy) is 1. The topological polar surface area (TPSA) is 12.5 Å². The van der Waals surface area contributed by atoms with Gasteiger partial charge in [-0.05, 0) is 20.0 Å². The standard InChI is InChI=1S/C13H19ClFNO/c1-11(12-5-3-4-6-13(12)15)16(2)8-10-17-9-7-14/h3-6,11H,7-10H2,1-2H3. The van der Waals surface area contributed by atoms with Gasteiger partial charge in [-0.3, -0.25) is 4.90 Å². The van der Waals surface area contributed by atoms with E-state index in [2.05, 4.69) is 4.90 Å². The lowest BCUT2D eigenvalue weighted by molar-refractivity contribution is 0.111. The highest BCUT2D eigenvalue weighted by Gasteiger charge is 2.14. The van der Waals surface area contributed by atoms with Crippen LogP contribution in [0.1, 0.15) is 18.5 Å². The van der Waals surface area contributed by atoms with Crippen LogP contribution in [0.2, 0.25) is 0 Å². The summed E-state index contributed by atoms with van der Waals surface area (Å²) in [5.41, 5.74) is 0.715. The zero-order chi connectivity index (χ0) is 12.7. The minimum Gasteiger partial charge on any atom is -0.379 e. The number of hydrogen-bond donors (Lipinski definition) is 0. The van der Waals surface area contributed by atoms with E-state index in [1.54, 1.807) is 6.07 Å². The molecule has 17 heavy (non-hydrogen) atoms. The van der Waals surface area contributed by atoms with Crippen LogP contribution in [0.15, 0.2) is 24.3 Å². The molecule has 0 N–H and O–H groups in total. The molecular formula is C13H19ClFNO. The molecule has 0 aliphatic carbocycles. The maximum absolute atomic E-state index is 13.6. The van der Waals surface area contributed by atoms with Crippen molar-refractivity contribution in [2.24, 2.45) is 0 Å². The molecule has 1 unspecified atom stereocenters. The summed E-state index contributed by atoms with van der Waals surface area (Å²) in [6, 6.07) is 6.90. The number of alkyl halides is 1. The number of hydrogen-bond acceptors (Lipinski definition) is 2. The Morgan fingerprint density at radius 2 is 2.06 bits per heavy atom. The van der Waals surface area contributed by atoms with E-state index in [1.165, 1.54) is 6.07 Å². The largest absolute Gasteiger partial charge is 0.379 e. The van der Waals surface area contributed by atoms with Gasteiger partial charge >= 0.3 is 0 Å². The fourth-order valence-electron chi connectivity index (χ4n) is 1.61. The third kappa shape index (κ3) is 4.62. The average Bonchev–Trinajstić information content (AvgIpc) is 2.34. The summed E-state index contributed by atoms with van der Waals surface area (Å²) in [6.45, 7) is 3.91. The maximum atomic E-state index is 13.6. The van der Waals surface area contributed by atoms with Crippen molar-refractivity contribution < 1.29 is 9.13 Å². The van der Waals surface area contributed by atoms with E-state index < -0.39 is 0 Å². The van der Waals surface area contributed by atoms with Gasteiger partial charge in [-0.2, -0.15) is 0 Å². The van der Waals surface area contributed by atoms with Gasteiger partial charge < -0.3 is 4.74 Å². The lowest BCUT2D eigenvalue weighted by atomic mass is 10.1. The van der Waals surface area contributed by atoms with Gasteiger partial charge in [0.05, 0.1) is 13.2 Å². The number of likely N-dealkylation sites (N-methyl/N-ethyl adjacent to an activating group) is 1. The molecule has 0 amide bonds. The van der Waals surface area contributed by atoms with E-state index in [1.807, 2.05) is 26.1 Å². The molecule has 1 rings (SSSR count). The van der Waals surface area contributed by atoms with Crippen LogP contribution in [0, 0.1) is 5.82 Å². The molecule has 0 aliphatic rings. The summed E-state index contributed by atoms with van der Waals surface area (Å²) in [5.74, 6) is 0.348. The van der Waals surface area contributed by atoms with Crippen LogP contribution < -0.4 is 0 Å². The zero-order valence-electron chi connectivity index (χ0n) is 10.3. The molecular weight excluding hydrogens is 241 g/mol. The van der Waals surface area contributed by atoms with E-state index in [0.717, 1.165) is 6.54 Å². The van der Waals surface area contributed by atoms with E-state index in [4.69, 9.17) is 16.3 Å². The predicted octanol–water partition coefficient (Wildman–Crippen LogP) is 3.07. The van der Waals surface area contributed by atoms with Gasteiger partial charge in [0.25, 0.3) is 0 Å². The molecule has 0 aromatic heterocycles. The second-order valence-electron chi connectivity index (χ2n) is 3.98. The summed E-state index contributed by atoms with van der Waals surface area (Å²) in [4.78, 5) is 2.06. The van der Waals surface area contributed by atoms with Crippen molar-refractivity contribution >= 4 is 11.6 Å². The average molecular weight is 260 g/mol. The number of halogens is 2. The van der Waals surface area contributed by atoms with Crippen LogP contribution in [0.3, 0.4) is 0 Å². The van der Waals surface area contributed by atoms with Gasteiger partial charge in [0.2, 0.25) is 0 Å². The lowest BCUT2D eigenvalue weighted by Crippen LogP contribution is -2.27. The Morgan fingerprint density at radius 3 is 2.71 bits per heavy atom. The molecule has 0 heterocycles. The molecule has 0 fully saturated rings. The molecule has 0 aliphatic heterocycles. The van der Waals surface area contributed by atoms with Gasteiger partial charge in [0, 0.05) is 24.0 Å². The van der Waals surface area contributed by atoms with Crippen LogP contribution >= 0.6 is 11.6 Å². The Bertz CT molecular complexity index is 335. The van der Waals surface area contributed by atoms with Crippen molar-refractivity contribution in [2.75, 3.05) is 32.7 Å². The molecule has 0 saturated heterocycles. The van der Waals surface area contributed by atoms with Crippen molar-refractivity contribution in [2.45, 2.75) is 13.0 Å². The third-order valence-corrected chi connectivity index (χ3v) is 2.98. The van der Waals surface area contributed by atoms with Gasteiger partial charge in [0.15, 0.2) is 0 Å². The normalized spacial score (nSPS) is 13.0. The Hall–Kier alpha value is -0.640. The van der Waals surface area contributed by atoms with Crippen LogP contribution in [-0.4, -0.2) is 37.6 Å². The van der Waals surface area contributed by atoms with Crippen molar-refractivity contribution in [1.29, 1.82) is 0 Å². The van der Waals surface area contributed by atoms with Crippen molar-refractivity contribution in [1.82, 2.24) is 4.90 Å². The van der Waals surface area contributed by atoms with Crippen molar-refractivity contribution in [3.63, 3.8) is 0 Å². The number of nitrogens with zero attached hydrogens (tertiary/aromatic N) is 1. The predicted molar refractivity (Wildman–Crippen MR) is 69.0 cm³/mol. The lowest BCUT2D eigenvalue weighted by Gasteiger charge is -2.25. The van der Waals surface area contributed by atoms with Crippen LogP contribution in [0.25, 0.3) is 0 Å². The van der Waals surface area contributed by atoms with E-state index in [0.29, 0.717) is 24.7 Å². The molecule has 0 radical (unpaired) electrons. The molecule has 96 valence electrons. The van der Waals surface area contributed by atoms with Crippen molar-refractivity contribution in [3.05, 3.63) is 35.6 Å². The van der Waals surface area contributed by atoms with Crippen LogP contribution in [0.4, 0.5) is 4.39 Å². The molecule has 0 saturated carbocycles. The summed E-state index contributed by atoms with van der Waals surface area (Å²) >= 11 is 5.51. The second-order valence-corrected chi connectivity index (χ2v) is 4.36. The summed E-state index contributed by atoms with van der Waals surface area (Å²) in [5, 5.41) is 0. The van der Waals surface area contributed by atoms with Crippen molar-refractivity contribution in [3.8, 4) is 0 Å². The quantitative estimate of drug-likeness (QED) is 0.551. The fraction of sp³-hybridized carbons (Fsp3) is 0.538. The molecule has 4 heteroatoms. The minimum atomic E-state index is -0.159. The smallest absolute Gasteiger partial charge is 0.127 e.